The molecule has 0 saturated carbocycles. The molecule has 6 heteroatoms. The van der Waals surface area contributed by atoms with Crippen LogP contribution < -0.4 is 5.73 Å². The van der Waals surface area contributed by atoms with Gasteiger partial charge in [-0.2, -0.15) is 0 Å². The number of rotatable bonds is 13. The lowest BCUT2D eigenvalue weighted by molar-refractivity contribution is -0.137. The molecule has 1 heterocycles. The Kier molecular flexibility index (Phi) is 14.2. The van der Waals surface area contributed by atoms with Gasteiger partial charge in [0.1, 0.15) is 0 Å². The molecule has 0 aromatic heterocycles. The zero-order valence-electron chi connectivity index (χ0n) is 16.0. The molecule has 0 radical (unpaired) electrons. The van der Waals surface area contributed by atoms with Crippen molar-refractivity contribution in [1.29, 1.82) is 0 Å². The fourth-order valence-electron chi connectivity index (χ4n) is 2.25. The molecule has 0 aromatic rings. The largest absolute Gasteiger partial charge is 0.481 e. The molecule has 0 spiro atoms. The van der Waals surface area contributed by atoms with Gasteiger partial charge in [0.2, 0.25) is 5.91 Å². The first-order chi connectivity index (χ1) is 12.4. The van der Waals surface area contributed by atoms with Crippen molar-refractivity contribution in [2.24, 2.45) is 5.73 Å². The summed E-state index contributed by atoms with van der Waals surface area (Å²) in [6.45, 7) is 4.11. The molecule has 148 valence electrons. The van der Waals surface area contributed by atoms with E-state index >= 15 is 0 Å². The Morgan fingerprint density at radius 1 is 1.00 bits per heavy atom. The number of amides is 1. The number of epoxide rings is 1. The van der Waals surface area contributed by atoms with E-state index in [2.05, 4.69) is 6.92 Å². The van der Waals surface area contributed by atoms with Gasteiger partial charge in [0.15, 0.2) is 18.0 Å². The Hall–Kier alpha value is -1.95. The maximum Gasteiger partial charge on any atom is 0.303 e. The van der Waals surface area contributed by atoms with E-state index in [1.807, 2.05) is 31.2 Å². The lowest BCUT2D eigenvalue weighted by Gasteiger charge is -1.95. The number of allylic oxidation sites excluding steroid dienone is 4. The Morgan fingerprint density at radius 2 is 1.69 bits per heavy atom. The van der Waals surface area contributed by atoms with Crippen molar-refractivity contribution < 1.29 is 24.2 Å². The molecule has 1 rings (SSSR count). The first-order valence-electron chi connectivity index (χ1n) is 9.39. The highest BCUT2D eigenvalue weighted by atomic mass is 16.6. The number of Topliss-reactive ketones (excluding diaryl/α,β-unsaturated/α-hetero) is 1. The van der Waals surface area contributed by atoms with Gasteiger partial charge in [-0.25, -0.2) is 0 Å². The van der Waals surface area contributed by atoms with Crippen molar-refractivity contribution in [2.75, 3.05) is 0 Å². The molecule has 0 aliphatic carbocycles. The SMILES string of the molecule is C/C=C/C/C=C/CCC(=O)[C@H]1O[C@H]1C(N)=O.CCCCCCCC(=O)O. The third-order valence-corrected chi connectivity index (χ3v) is 3.82. The van der Waals surface area contributed by atoms with E-state index in [1.165, 1.54) is 19.3 Å². The third-order valence-electron chi connectivity index (χ3n) is 3.82. The Morgan fingerprint density at radius 3 is 2.23 bits per heavy atom. The molecule has 1 aliphatic rings. The molecule has 3 N–H and O–H groups in total. The summed E-state index contributed by atoms with van der Waals surface area (Å²) in [6, 6.07) is 0. The summed E-state index contributed by atoms with van der Waals surface area (Å²) in [5.41, 5.74) is 5.00. The van der Waals surface area contributed by atoms with E-state index < -0.39 is 24.1 Å². The normalized spacial score (nSPS) is 18.5. The minimum atomic E-state index is -0.681. The Labute approximate surface area is 156 Å². The van der Waals surface area contributed by atoms with Crippen molar-refractivity contribution in [2.45, 2.75) is 83.8 Å². The molecule has 1 saturated heterocycles. The van der Waals surface area contributed by atoms with Crippen molar-refractivity contribution in [3.8, 4) is 0 Å². The average Bonchev–Trinajstić information content (AvgIpc) is 3.39. The molecule has 6 nitrogen and oxygen atoms in total. The topological polar surface area (TPSA) is 110 Å². The maximum absolute atomic E-state index is 11.4. The van der Waals surface area contributed by atoms with Gasteiger partial charge in [0.05, 0.1) is 0 Å². The molecule has 0 unspecified atom stereocenters. The van der Waals surface area contributed by atoms with Crippen LogP contribution in [0.15, 0.2) is 24.3 Å². The quantitative estimate of drug-likeness (QED) is 0.294. The number of ketones is 1. The number of carbonyl (C=O) groups is 3. The van der Waals surface area contributed by atoms with Crippen LogP contribution in [0.4, 0.5) is 0 Å². The summed E-state index contributed by atoms with van der Waals surface area (Å²) in [5, 5.41) is 8.27. The van der Waals surface area contributed by atoms with Crippen molar-refractivity contribution in [1.82, 2.24) is 0 Å². The molecule has 0 aromatic carbocycles. The van der Waals surface area contributed by atoms with Gasteiger partial charge in [-0.05, 0) is 26.2 Å². The van der Waals surface area contributed by atoms with Gasteiger partial charge in [0, 0.05) is 12.8 Å². The smallest absolute Gasteiger partial charge is 0.303 e. The summed E-state index contributed by atoms with van der Waals surface area (Å²) < 4.78 is 4.88. The van der Waals surface area contributed by atoms with Gasteiger partial charge < -0.3 is 15.6 Å². The molecule has 2 atom stereocenters. The van der Waals surface area contributed by atoms with Crippen molar-refractivity contribution >= 4 is 17.7 Å². The molecule has 1 aliphatic heterocycles. The van der Waals surface area contributed by atoms with Crippen LogP contribution in [0.25, 0.3) is 0 Å². The predicted octanol–water partition coefficient (Wildman–Crippen LogP) is 3.54. The number of carboxylic acid groups (broad SMARTS) is 1. The summed E-state index contributed by atoms with van der Waals surface area (Å²) in [7, 11) is 0. The van der Waals surface area contributed by atoms with E-state index in [9.17, 15) is 14.4 Å². The van der Waals surface area contributed by atoms with Gasteiger partial charge in [-0.15, -0.1) is 0 Å². The van der Waals surface area contributed by atoms with E-state index in [-0.39, 0.29) is 5.78 Å². The molecule has 1 fully saturated rings. The second-order valence-corrected chi connectivity index (χ2v) is 6.22. The number of nitrogens with two attached hydrogens (primary N) is 1. The number of aliphatic carboxylic acids is 1. The molecule has 0 bridgehead atoms. The van der Waals surface area contributed by atoms with Crippen LogP contribution in [-0.4, -0.2) is 35.0 Å². The van der Waals surface area contributed by atoms with E-state index in [1.54, 1.807) is 0 Å². The summed E-state index contributed by atoms with van der Waals surface area (Å²) in [4.78, 5) is 32.1. The number of unbranched alkanes of at least 4 members (excludes halogenated alkanes) is 4. The van der Waals surface area contributed by atoms with E-state index in [4.69, 9.17) is 15.6 Å². The highest BCUT2D eigenvalue weighted by Gasteiger charge is 2.48. The summed E-state index contributed by atoms with van der Waals surface area (Å²) in [6.07, 6.45) is 14.6. The minimum absolute atomic E-state index is 0.0421. The highest BCUT2D eigenvalue weighted by molar-refractivity contribution is 5.95. The maximum atomic E-state index is 11.4. The van der Waals surface area contributed by atoms with Crippen LogP contribution in [0.5, 0.6) is 0 Å². The number of hydrogen-bond acceptors (Lipinski definition) is 4. The number of carbonyl (C=O) groups excluding carboxylic acids is 2. The van der Waals surface area contributed by atoms with Gasteiger partial charge in [0.25, 0.3) is 0 Å². The van der Waals surface area contributed by atoms with Gasteiger partial charge in [-0.3, -0.25) is 14.4 Å². The summed E-state index contributed by atoms with van der Waals surface area (Å²) in [5.74, 6) is -1.27. The zero-order valence-corrected chi connectivity index (χ0v) is 16.0. The number of hydrogen-bond donors (Lipinski definition) is 2. The van der Waals surface area contributed by atoms with E-state index in [0.717, 1.165) is 19.3 Å². The third kappa shape index (κ3) is 13.4. The molecular weight excluding hydrogens is 334 g/mol. The van der Waals surface area contributed by atoms with Crippen LogP contribution in [0.3, 0.4) is 0 Å². The first kappa shape index (κ1) is 24.1. The lowest BCUT2D eigenvalue weighted by Crippen LogP contribution is -2.22. The number of ether oxygens (including phenoxy) is 1. The van der Waals surface area contributed by atoms with Crippen LogP contribution in [-0.2, 0) is 19.1 Å². The fraction of sp³-hybridized carbons (Fsp3) is 0.650. The Bertz CT molecular complexity index is 485. The standard InChI is InChI=1S/C12H17NO3.C8H16O2/c1-2-3-4-5-6-7-8-9(14)10-11(16-10)12(13)15;1-2-3-4-5-6-7-8(9)10/h2-3,5-6,10-11H,4,7-8H2,1H3,(H2,13,15);2-7H2,1H3,(H,9,10)/b3-2+,6-5+;/t10-,11-;/m1./s1. The first-order valence-corrected chi connectivity index (χ1v) is 9.39. The van der Waals surface area contributed by atoms with Gasteiger partial charge in [-0.1, -0.05) is 56.9 Å². The van der Waals surface area contributed by atoms with E-state index in [0.29, 0.717) is 19.3 Å². The number of primary amides is 1. The Balaban J connectivity index is 0.000000541. The average molecular weight is 367 g/mol. The summed E-state index contributed by atoms with van der Waals surface area (Å²) >= 11 is 0. The van der Waals surface area contributed by atoms with Crippen LogP contribution in [0.2, 0.25) is 0 Å². The van der Waals surface area contributed by atoms with Crippen molar-refractivity contribution in [3.05, 3.63) is 24.3 Å². The van der Waals surface area contributed by atoms with Crippen LogP contribution >= 0.6 is 0 Å². The molecule has 26 heavy (non-hydrogen) atoms. The van der Waals surface area contributed by atoms with Crippen molar-refractivity contribution in [3.63, 3.8) is 0 Å². The second-order valence-electron chi connectivity index (χ2n) is 6.22. The van der Waals surface area contributed by atoms with Gasteiger partial charge >= 0.3 is 5.97 Å². The number of carboxylic acids is 1. The minimum Gasteiger partial charge on any atom is -0.481 e. The molecule has 1 amide bonds. The fourth-order valence-corrected chi connectivity index (χ4v) is 2.25. The second kappa shape index (κ2) is 15.3. The van der Waals surface area contributed by atoms with Crippen LogP contribution in [0, 0.1) is 0 Å². The highest BCUT2D eigenvalue weighted by Crippen LogP contribution is 2.24. The monoisotopic (exact) mass is 367 g/mol. The molecular formula is C20H33NO5. The lowest BCUT2D eigenvalue weighted by atomic mass is 10.1. The van der Waals surface area contributed by atoms with Crippen LogP contribution in [0.1, 0.15) is 71.6 Å². The predicted molar refractivity (Wildman–Crippen MR) is 102 cm³/mol. The zero-order chi connectivity index (χ0) is 19.8.